The minimum atomic E-state index is -0.661. The van der Waals surface area contributed by atoms with Gasteiger partial charge in [0.25, 0.3) is 5.56 Å². The van der Waals surface area contributed by atoms with Gasteiger partial charge in [0.05, 0.1) is 7.11 Å². The van der Waals surface area contributed by atoms with Crippen molar-refractivity contribution in [3.8, 4) is 0 Å². The van der Waals surface area contributed by atoms with E-state index in [0.29, 0.717) is 29.3 Å². The number of hydrogen-bond acceptors (Lipinski definition) is 4. The van der Waals surface area contributed by atoms with E-state index in [-0.39, 0.29) is 16.9 Å². The van der Waals surface area contributed by atoms with E-state index in [2.05, 4.69) is 5.32 Å². The summed E-state index contributed by atoms with van der Waals surface area (Å²) in [5, 5.41) is 4.29. The molecule has 2 aromatic rings. The van der Waals surface area contributed by atoms with E-state index < -0.39 is 12.0 Å². The highest BCUT2D eigenvalue weighted by molar-refractivity contribution is 6.02. The molecule has 1 atom stereocenters. The summed E-state index contributed by atoms with van der Waals surface area (Å²) in [6.45, 7) is 1.85. The van der Waals surface area contributed by atoms with Gasteiger partial charge in [-0.2, -0.15) is 0 Å². The number of rotatable bonds is 6. The van der Waals surface area contributed by atoms with Crippen molar-refractivity contribution in [1.29, 1.82) is 0 Å². The molecule has 1 heterocycles. The predicted octanol–water partition coefficient (Wildman–Crippen LogP) is 4.67. The van der Waals surface area contributed by atoms with Crippen LogP contribution in [0.1, 0.15) is 64.3 Å². The Morgan fingerprint density at radius 1 is 1.09 bits per heavy atom. The molecular weight excluding hydrogens is 404 g/mol. The van der Waals surface area contributed by atoms with E-state index in [1.54, 1.807) is 18.3 Å². The average Bonchev–Trinajstić information content (AvgIpc) is 2.74. The quantitative estimate of drug-likeness (QED) is 0.668. The lowest BCUT2D eigenvalue weighted by molar-refractivity contribution is -0.144. The van der Waals surface area contributed by atoms with Gasteiger partial charge in [-0.05, 0) is 86.3 Å². The third-order valence-electron chi connectivity index (χ3n) is 8.14. The summed E-state index contributed by atoms with van der Waals surface area (Å²) in [5.74, 6) is 2.04. The van der Waals surface area contributed by atoms with Crippen LogP contribution < -0.4 is 10.9 Å². The van der Waals surface area contributed by atoms with Crippen LogP contribution in [0, 0.1) is 23.2 Å². The molecule has 4 saturated carbocycles. The summed E-state index contributed by atoms with van der Waals surface area (Å²) in [5.41, 5.74) is 0.579. The van der Waals surface area contributed by atoms with Crippen LogP contribution in [0.3, 0.4) is 0 Å². The molecule has 4 aliphatic carbocycles. The van der Waals surface area contributed by atoms with Gasteiger partial charge < -0.3 is 14.6 Å². The van der Waals surface area contributed by atoms with E-state index in [1.165, 1.54) is 50.2 Å². The summed E-state index contributed by atoms with van der Waals surface area (Å²) < 4.78 is 6.29. The second-order valence-corrected chi connectivity index (χ2v) is 10.4. The number of nitrogens with one attached hydrogen (secondary N) is 1. The molecule has 4 aliphatic rings. The lowest BCUT2D eigenvalue weighted by atomic mass is 9.49. The highest BCUT2D eigenvalue weighted by Gasteiger charge is 2.51. The summed E-state index contributed by atoms with van der Waals surface area (Å²) in [7, 11) is 1.33. The summed E-state index contributed by atoms with van der Waals surface area (Å²) in [6, 6.07) is 6.52. The first kappa shape index (κ1) is 21.2. The lowest BCUT2D eigenvalue weighted by Gasteiger charge is -2.56. The number of carbonyl (C=O) groups is 2. The summed E-state index contributed by atoms with van der Waals surface area (Å²) >= 11 is 0. The molecule has 1 N–H and O–H groups in total. The Bertz CT molecular complexity index is 1080. The first-order valence-corrected chi connectivity index (χ1v) is 11.9. The number of fused-ring (bicyclic) bond motifs is 1. The van der Waals surface area contributed by atoms with E-state index in [0.717, 1.165) is 17.8 Å². The number of benzene rings is 1. The van der Waals surface area contributed by atoms with Crippen molar-refractivity contribution >= 4 is 28.3 Å². The molecule has 0 aliphatic heterocycles. The van der Waals surface area contributed by atoms with Crippen molar-refractivity contribution in [2.24, 2.45) is 23.2 Å². The monoisotopic (exact) mass is 436 g/mol. The molecule has 4 bridgehead atoms. The zero-order valence-corrected chi connectivity index (χ0v) is 18.9. The van der Waals surface area contributed by atoms with E-state index in [9.17, 15) is 14.4 Å². The van der Waals surface area contributed by atoms with Gasteiger partial charge in [-0.15, -0.1) is 0 Å². The van der Waals surface area contributed by atoms with Crippen LogP contribution in [0.4, 0.5) is 5.69 Å². The number of carbonyl (C=O) groups excluding carboxylic acids is 2. The van der Waals surface area contributed by atoms with Gasteiger partial charge in [0.2, 0.25) is 5.91 Å². The average molecular weight is 437 g/mol. The first-order chi connectivity index (χ1) is 15.4. The zero-order valence-electron chi connectivity index (χ0n) is 18.9. The number of ether oxygens (including phenoxy) is 1. The lowest BCUT2D eigenvalue weighted by Crippen LogP contribution is -2.47. The smallest absolute Gasteiger partial charge is 0.328 e. The number of pyridine rings is 1. The van der Waals surface area contributed by atoms with Gasteiger partial charge in [0.1, 0.15) is 6.04 Å². The van der Waals surface area contributed by atoms with Gasteiger partial charge in [-0.1, -0.05) is 13.0 Å². The van der Waals surface area contributed by atoms with Crippen LogP contribution in [-0.4, -0.2) is 23.6 Å². The summed E-state index contributed by atoms with van der Waals surface area (Å²) in [6.07, 6.45) is 10.3. The maximum Gasteiger partial charge on any atom is 0.328 e. The van der Waals surface area contributed by atoms with Gasteiger partial charge >= 0.3 is 5.97 Å². The highest BCUT2D eigenvalue weighted by atomic mass is 16.5. The zero-order chi connectivity index (χ0) is 22.5. The fourth-order valence-corrected chi connectivity index (χ4v) is 7.30. The van der Waals surface area contributed by atoms with Crippen molar-refractivity contribution in [1.82, 2.24) is 4.57 Å². The van der Waals surface area contributed by atoms with Crippen LogP contribution in [0.2, 0.25) is 0 Å². The number of aromatic nitrogens is 1. The maximum atomic E-state index is 13.1. The molecule has 1 amide bonds. The van der Waals surface area contributed by atoms with Crippen LogP contribution in [0.5, 0.6) is 0 Å². The molecule has 6 heteroatoms. The minimum Gasteiger partial charge on any atom is -0.467 e. The fourth-order valence-electron chi connectivity index (χ4n) is 7.30. The Labute approximate surface area is 188 Å². The Morgan fingerprint density at radius 3 is 2.34 bits per heavy atom. The van der Waals surface area contributed by atoms with E-state index in [1.807, 2.05) is 19.1 Å². The summed E-state index contributed by atoms with van der Waals surface area (Å²) in [4.78, 5) is 38.4. The van der Waals surface area contributed by atoms with Crippen LogP contribution >= 0.6 is 0 Å². The van der Waals surface area contributed by atoms with E-state index >= 15 is 0 Å². The predicted molar refractivity (Wildman–Crippen MR) is 123 cm³/mol. The fraction of sp³-hybridized carbons (Fsp3) is 0.577. The van der Waals surface area contributed by atoms with Gasteiger partial charge in [-0.3, -0.25) is 9.59 Å². The molecule has 170 valence electrons. The maximum absolute atomic E-state index is 13.1. The van der Waals surface area contributed by atoms with Crippen LogP contribution in [0.15, 0.2) is 35.3 Å². The molecule has 32 heavy (non-hydrogen) atoms. The molecule has 1 aromatic carbocycles. The highest BCUT2D eigenvalue weighted by Crippen LogP contribution is 2.61. The van der Waals surface area contributed by atoms with Crippen LogP contribution in [0.25, 0.3) is 10.8 Å². The van der Waals surface area contributed by atoms with Crippen LogP contribution in [-0.2, 0) is 14.3 Å². The van der Waals surface area contributed by atoms with Crippen molar-refractivity contribution in [3.63, 3.8) is 0 Å². The van der Waals surface area contributed by atoms with E-state index in [4.69, 9.17) is 4.74 Å². The molecule has 1 aromatic heterocycles. The van der Waals surface area contributed by atoms with Gasteiger partial charge in [0.15, 0.2) is 0 Å². The number of hydrogen-bond donors (Lipinski definition) is 1. The standard InChI is InChI=1S/C26H32N2O4/c1-3-22(25(31)32-2)28-8-7-19-20(24(28)30)5-4-6-21(19)27-23(29)15-26-12-16-9-17(13-26)11-18(10-16)14-26/h4-8,16-18,22H,3,9-15H2,1-2H3,(H,27,29)/t16?,17?,18?,22-,26?/m1/s1. The molecule has 0 saturated heterocycles. The topological polar surface area (TPSA) is 77.4 Å². The van der Waals surface area contributed by atoms with Crippen molar-refractivity contribution in [3.05, 3.63) is 40.8 Å². The second kappa shape index (κ2) is 8.05. The third kappa shape index (κ3) is 3.63. The SMILES string of the molecule is CC[C@H](C(=O)OC)n1ccc2c(NC(=O)CC34CC5CC(CC(C5)C3)C4)cccc2c1=O. The number of esters is 1. The molecule has 0 unspecified atom stereocenters. The second-order valence-electron chi connectivity index (χ2n) is 10.4. The number of nitrogens with zero attached hydrogens (tertiary/aromatic N) is 1. The number of anilines is 1. The van der Waals surface area contributed by atoms with Gasteiger partial charge in [0, 0.05) is 29.1 Å². The van der Waals surface area contributed by atoms with Gasteiger partial charge in [-0.25, -0.2) is 4.79 Å². The Hall–Kier alpha value is -2.63. The Morgan fingerprint density at radius 2 is 1.75 bits per heavy atom. The molecule has 0 radical (unpaired) electrons. The van der Waals surface area contributed by atoms with Crippen molar-refractivity contribution in [2.45, 2.75) is 64.3 Å². The largest absolute Gasteiger partial charge is 0.467 e. The molecular formula is C26H32N2O4. The third-order valence-corrected chi connectivity index (χ3v) is 8.14. The minimum absolute atomic E-state index is 0.0459. The first-order valence-electron chi connectivity index (χ1n) is 11.9. The van der Waals surface area contributed by atoms with Crippen molar-refractivity contribution in [2.75, 3.05) is 12.4 Å². The molecule has 6 nitrogen and oxygen atoms in total. The Kier molecular flexibility index (Phi) is 5.34. The normalized spacial score (nSPS) is 29.1. The number of methoxy groups -OCH3 is 1. The molecule has 0 spiro atoms. The Balaban J connectivity index is 1.39. The molecule has 4 fully saturated rings. The van der Waals surface area contributed by atoms with Crippen molar-refractivity contribution < 1.29 is 14.3 Å². The molecule has 6 rings (SSSR count). The number of amides is 1.